The quantitative estimate of drug-likeness (QED) is 0.638. The predicted octanol–water partition coefficient (Wildman–Crippen LogP) is 3.74. The average Bonchev–Trinajstić information content (AvgIpc) is 3.39. The lowest BCUT2D eigenvalue weighted by atomic mass is 10.1. The number of thiophene rings is 1. The topological polar surface area (TPSA) is 65.5 Å². The molecule has 1 fully saturated rings. The lowest BCUT2D eigenvalue weighted by molar-refractivity contribution is -0.110. The highest BCUT2D eigenvalue weighted by Crippen LogP contribution is 2.34. The van der Waals surface area contributed by atoms with Gasteiger partial charge in [0, 0.05) is 53.9 Å². The van der Waals surface area contributed by atoms with Crippen molar-refractivity contribution in [3.8, 4) is 0 Å². The van der Waals surface area contributed by atoms with Crippen molar-refractivity contribution in [2.45, 2.75) is 0 Å². The average molecular weight is 434 g/mol. The largest absolute Gasteiger partial charge is 0.353 e. The maximum atomic E-state index is 13.6. The monoisotopic (exact) mass is 434 g/mol. The predicted molar refractivity (Wildman–Crippen MR) is 120 cm³/mol. The number of hydrogen-bond donors (Lipinski definition) is 1. The maximum Gasteiger partial charge on any atom is 0.256 e. The zero-order chi connectivity index (χ0) is 21.4. The third kappa shape index (κ3) is 3.82. The summed E-state index contributed by atoms with van der Waals surface area (Å²) >= 11 is 1.39. The van der Waals surface area contributed by atoms with Crippen molar-refractivity contribution < 1.29 is 14.0 Å². The Morgan fingerprint density at radius 2 is 1.97 bits per heavy atom. The highest BCUT2D eigenvalue weighted by Gasteiger charge is 2.26. The summed E-state index contributed by atoms with van der Waals surface area (Å²) in [6.45, 7) is 2.70. The molecule has 5 rings (SSSR count). The molecule has 0 bridgehead atoms. The van der Waals surface area contributed by atoms with Crippen molar-refractivity contribution in [1.29, 1.82) is 0 Å². The van der Waals surface area contributed by atoms with Crippen molar-refractivity contribution in [2.24, 2.45) is 0 Å². The summed E-state index contributed by atoms with van der Waals surface area (Å²) in [5.74, 6) is 0.232. The number of nitrogens with one attached hydrogen (secondary N) is 1. The molecular weight excluding hydrogens is 415 g/mol. The Labute approximate surface area is 182 Å². The van der Waals surface area contributed by atoms with Crippen LogP contribution in [0.3, 0.4) is 0 Å². The third-order valence-corrected chi connectivity index (χ3v) is 6.34. The van der Waals surface area contributed by atoms with Gasteiger partial charge in [-0.3, -0.25) is 9.59 Å². The highest BCUT2D eigenvalue weighted by atomic mass is 32.1. The third-order valence-electron chi connectivity index (χ3n) is 5.46. The van der Waals surface area contributed by atoms with Gasteiger partial charge in [-0.2, -0.15) is 0 Å². The molecule has 6 nitrogen and oxygen atoms in total. The summed E-state index contributed by atoms with van der Waals surface area (Å²) in [6, 6.07) is 11.8. The minimum absolute atomic E-state index is 0.0242. The Balaban J connectivity index is 1.29. The first-order valence-corrected chi connectivity index (χ1v) is 10.8. The summed E-state index contributed by atoms with van der Waals surface area (Å²) < 4.78 is 13.6. The first kappa shape index (κ1) is 19.4. The second-order valence-corrected chi connectivity index (χ2v) is 8.35. The lowest BCUT2D eigenvalue weighted by Crippen LogP contribution is -2.49. The van der Waals surface area contributed by atoms with E-state index in [9.17, 15) is 14.0 Å². The number of hydrogen-bond acceptors (Lipinski definition) is 5. The number of piperazine rings is 1. The van der Waals surface area contributed by atoms with Crippen LogP contribution in [-0.2, 0) is 4.79 Å². The van der Waals surface area contributed by atoms with Crippen LogP contribution in [0.25, 0.3) is 11.6 Å². The summed E-state index contributed by atoms with van der Waals surface area (Å²) in [4.78, 5) is 34.4. The van der Waals surface area contributed by atoms with Crippen LogP contribution in [0.4, 0.5) is 15.9 Å². The normalized spacial score (nSPS) is 17.1. The van der Waals surface area contributed by atoms with Gasteiger partial charge in [0.25, 0.3) is 11.8 Å². The van der Waals surface area contributed by atoms with Gasteiger partial charge >= 0.3 is 0 Å². The molecule has 2 aromatic heterocycles. The van der Waals surface area contributed by atoms with Gasteiger partial charge in [-0.05, 0) is 42.5 Å². The highest BCUT2D eigenvalue weighted by molar-refractivity contribution is 7.11. The molecule has 2 amide bonds. The molecule has 8 heteroatoms. The molecule has 31 heavy (non-hydrogen) atoms. The van der Waals surface area contributed by atoms with Gasteiger partial charge in [0.1, 0.15) is 11.6 Å². The van der Waals surface area contributed by atoms with Gasteiger partial charge in [0.2, 0.25) is 0 Å². The van der Waals surface area contributed by atoms with E-state index in [0.29, 0.717) is 35.5 Å². The van der Waals surface area contributed by atoms with Gasteiger partial charge in [-0.1, -0.05) is 6.07 Å². The standard InChI is InChI=1S/C23H19FN4O2S/c24-16-4-5-20-18(12-16)19(22(29)26-20)13-17-11-15(14-31-17)23(30)28-9-7-27(8-10-28)21-3-1-2-6-25-21/h1-6,11-14H,7-10H2,(H,26,29)/b19-13-. The molecule has 0 spiro atoms. The van der Waals surface area contributed by atoms with Crippen LogP contribution in [0.5, 0.6) is 0 Å². The summed E-state index contributed by atoms with van der Waals surface area (Å²) in [6.07, 6.45) is 3.48. The van der Waals surface area contributed by atoms with Crippen LogP contribution in [0.2, 0.25) is 0 Å². The Morgan fingerprint density at radius 3 is 2.74 bits per heavy atom. The molecule has 2 aliphatic rings. The van der Waals surface area contributed by atoms with Crippen LogP contribution in [-0.4, -0.2) is 47.9 Å². The van der Waals surface area contributed by atoms with E-state index in [1.54, 1.807) is 29.8 Å². The van der Waals surface area contributed by atoms with Crippen LogP contribution < -0.4 is 10.2 Å². The number of amides is 2. The molecule has 3 aromatic rings. The molecule has 1 N–H and O–H groups in total. The van der Waals surface area contributed by atoms with E-state index in [0.717, 1.165) is 23.8 Å². The molecular formula is C23H19FN4O2S. The fraction of sp³-hybridized carbons (Fsp3) is 0.174. The zero-order valence-corrected chi connectivity index (χ0v) is 17.4. The molecule has 1 aromatic carbocycles. The first-order chi connectivity index (χ1) is 15.1. The molecule has 1 saturated heterocycles. The fourth-order valence-electron chi connectivity index (χ4n) is 3.85. The van der Waals surface area contributed by atoms with Gasteiger partial charge in [0.15, 0.2) is 0 Å². The minimum atomic E-state index is -0.395. The summed E-state index contributed by atoms with van der Waals surface area (Å²) in [5.41, 5.74) is 2.13. The lowest BCUT2D eigenvalue weighted by Gasteiger charge is -2.35. The smallest absolute Gasteiger partial charge is 0.256 e. The van der Waals surface area contributed by atoms with Gasteiger partial charge in [-0.15, -0.1) is 11.3 Å². The second-order valence-electron chi connectivity index (χ2n) is 7.41. The molecule has 4 heterocycles. The number of anilines is 2. The number of benzene rings is 1. The van der Waals surface area contributed by atoms with Crippen LogP contribution in [0, 0.1) is 5.82 Å². The minimum Gasteiger partial charge on any atom is -0.353 e. The number of nitrogens with zero attached hydrogens (tertiary/aromatic N) is 3. The van der Waals surface area contributed by atoms with E-state index >= 15 is 0 Å². The number of halogens is 1. The Kier molecular flexibility index (Phi) is 4.99. The number of carbonyl (C=O) groups excluding carboxylic acids is 2. The summed E-state index contributed by atoms with van der Waals surface area (Å²) in [5, 5.41) is 4.54. The number of fused-ring (bicyclic) bond motifs is 1. The van der Waals surface area contributed by atoms with Crippen LogP contribution >= 0.6 is 11.3 Å². The number of carbonyl (C=O) groups is 2. The van der Waals surface area contributed by atoms with Gasteiger partial charge in [-0.25, -0.2) is 9.37 Å². The molecule has 156 valence electrons. The Morgan fingerprint density at radius 1 is 1.13 bits per heavy atom. The van der Waals surface area contributed by atoms with E-state index in [4.69, 9.17) is 0 Å². The van der Waals surface area contributed by atoms with Gasteiger partial charge in [0.05, 0.1) is 11.1 Å². The number of pyridine rings is 1. The second kappa shape index (κ2) is 7.96. The molecule has 2 aliphatic heterocycles. The SMILES string of the molecule is O=C1Nc2ccc(F)cc2/C1=C/c1cc(C(=O)N2CCN(c3ccccn3)CC2)cs1. The van der Waals surface area contributed by atoms with Crippen molar-refractivity contribution in [3.63, 3.8) is 0 Å². The molecule has 0 saturated carbocycles. The van der Waals surface area contributed by atoms with E-state index in [2.05, 4.69) is 15.2 Å². The van der Waals surface area contributed by atoms with Crippen molar-refractivity contribution >= 4 is 46.3 Å². The van der Waals surface area contributed by atoms with Crippen LogP contribution in [0.15, 0.2) is 54.0 Å². The molecule has 0 atom stereocenters. The Bertz CT molecular complexity index is 1180. The molecule has 0 unspecified atom stereocenters. The van der Waals surface area contributed by atoms with Crippen molar-refractivity contribution in [3.05, 3.63) is 75.9 Å². The molecule has 0 aliphatic carbocycles. The fourth-order valence-corrected chi connectivity index (χ4v) is 4.66. The summed E-state index contributed by atoms with van der Waals surface area (Å²) in [7, 11) is 0. The zero-order valence-electron chi connectivity index (χ0n) is 16.5. The van der Waals surface area contributed by atoms with E-state index in [1.165, 1.54) is 23.5 Å². The van der Waals surface area contributed by atoms with E-state index in [1.807, 2.05) is 23.1 Å². The number of rotatable bonds is 3. The van der Waals surface area contributed by atoms with E-state index in [-0.39, 0.29) is 11.8 Å². The van der Waals surface area contributed by atoms with E-state index < -0.39 is 5.82 Å². The maximum absolute atomic E-state index is 13.6. The van der Waals surface area contributed by atoms with Crippen molar-refractivity contribution in [1.82, 2.24) is 9.88 Å². The van der Waals surface area contributed by atoms with Crippen molar-refractivity contribution in [2.75, 3.05) is 36.4 Å². The number of aromatic nitrogens is 1. The van der Waals surface area contributed by atoms with Crippen LogP contribution in [0.1, 0.15) is 20.8 Å². The molecule has 0 radical (unpaired) electrons. The van der Waals surface area contributed by atoms with Gasteiger partial charge < -0.3 is 15.1 Å². The first-order valence-electron chi connectivity index (χ1n) is 9.95. The Hall–Kier alpha value is -3.52.